The zero-order chi connectivity index (χ0) is 13.5. The fraction of sp³-hybridized carbons (Fsp3) is 0.231. The van der Waals surface area contributed by atoms with Gasteiger partial charge in [-0.2, -0.15) is 0 Å². The number of hydrogen-bond donors (Lipinski definition) is 2. The molecule has 0 spiro atoms. The minimum Gasteiger partial charge on any atom is -0.369 e. The Balaban J connectivity index is 1.98. The van der Waals surface area contributed by atoms with Crippen LogP contribution in [0.3, 0.4) is 0 Å². The predicted molar refractivity (Wildman–Crippen MR) is 71.6 cm³/mol. The lowest BCUT2D eigenvalue weighted by molar-refractivity contribution is 0.0945. The number of rotatable bonds is 5. The van der Waals surface area contributed by atoms with E-state index in [9.17, 15) is 4.79 Å². The fourth-order valence-corrected chi connectivity index (χ4v) is 1.52. The number of carbonyl (C=O) groups is 1. The molecular weight excluding hydrogens is 242 g/mol. The second kappa shape index (κ2) is 6.44. The molecule has 2 N–H and O–H groups in total. The highest BCUT2D eigenvalue weighted by molar-refractivity contribution is 5.92. The van der Waals surface area contributed by atoms with Crippen LogP contribution in [0.15, 0.2) is 36.9 Å². The first-order chi connectivity index (χ1) is 9.29. The van der Waals surface area contributed by atoms with Gasteiger partial charge in [-0.25, -0.2) is 4.98 Å². The molecule has 0 saturated carbocycles. The van der Waals surface area contributed by atoms with Crippen molar-refractivity contribution in [3.63, 3.8) is 0 Å². The lowest BCUT2D eigenvalue weighted by Gasteiger charge is -2.06. The lowest BCUT2D eigenvalue weighted by Crippen LogP contribution is -2.24. The first-order valence-electron chi connectivity index (χ1n) is 6.02. The summed E-state index contributed by atoms with van der Waals surface area (Å²) < 4.78 is 0. The van der Waals surface area contributed by atoms with E-state index in [2.05, 4.69) is 25.6 Å². The van der Waals surface area contributed by atoms with Crippen LogP contribution in [0.1, 0.15) is 23.0 Å². The highest BCUT2D eigenvalue weighted by Gasteiger charge is 2.08. The lowest BCUT2D eigenvalue weighted by atomic mass is 10.3. The summed E-state index contributed by atoms with van der Waals surface area (Å²) in [6, 6.07) is 3.72. The summed E-state index contributed by atoms with van der Waals surface area (Å²) >= 11 is 0. The van der Waals surface area contributed by atoms with Gasteiger partial charge in [0.25, 0.3) is 5.91 Å². The maximum absolute atomic E-state index is 11.9. The number of pyridine rings is 1. The highest BCUT2D eigenvalue weighted by Crippen LogP contribution is 2.02. The molecule has 0 aliphatic heterocycles. The average Bonchev–Trinajstić information content (AvgIpc) is 2.46. The Morgan fingerprint density at radius 1 is 1.26 bits per heavy atom. The van der Waals surface area contributed by atoms with Crippen molar-refractivity contribution in [3.05, 3.63) is 48.2 Å². The third kappa shape index (κ3) is 3.74. The first-order valence-corrected chi connectivity index (χ1v) is 6.02. The van der Waals surface area contributed by atoms with Crippen LogP contribution in [-0.4, -0.2) is 27.4 Å². The van der Waals surface area contributed by atoms with Crippen molar-refractivity contribution in [2.75, 3.05) is 11.9 Å². The maximum atomic E-state index is 11.9. The van der Waals surface area contributed by atoms with Crippen molar-refractivity contribution >= 4 is 11.7 Å². The zero-order valence-corrected chi connectivity index (χ0v) is 10.6. The standard InChI is InChI=1S/C13H15N5O/c1-2-16-12-9-15-8-11(18-12)13(19)17-7-10-4-3-5-14-6-10/h3-6,8-9H,2,7H2,1H3,(H,16,18)(H,17,19). The molecule has 2 heterocycles. The van der Waals surface area contributed by atoms with Crippen LogP contribution in [0.4, 0.5) is 5.82 Å². The molecule has 2 aromatic rings. The summed E-state index contributed by atoms with van der Waals surface area (Å²) in [5.74, 6) is 0.340. The Hall–Kier alpha value is -2.50. The van der Waals surface area contributed by atoms with Gasteiger partial charge in [0.05, 0.1) is 12.4 Å². The molecule has 0 aliphatic rings. The summed E-state index contributed by atoms with van der Waals surface area (Å²) in [6.07, 6.45) is 6.43. The van der Waals surface area contributed by atoms with Crippen molar-refractivity contribution in [1.82, 2.24) is 20.3 Å². The molecule has 98 valence electrons. The zero-order valence-electron chi connectivity index (χ0n) is 10.6. The number of aromatic nitrogens is 3. The SMILES string of the molecule is CCNc1cncc(C(=O)NCc2cccnc2)n1. The number of hydrogen-bond acceptors (Lipinski definition) is 5. The van der Waals surface area contributed by atoms with Crippen molar-refractivity contribution in [3.8, 4) is 0 Å². The van der Waals surface area contributed by atoms with Gasteiger partial charge in [-0.05, 0) is 18.6 Å². The molecule has 0 fully saturated rings. The first kappa shape index (κ1) is 12.9. The second-order valence-corrected chi connectivity index (χ2v) is 3.86. The summed E-state index contributed by atoms with van der Waals surface area (Å²) in [5, 5.41) is 5.79. The number of nitrogens with zero attached hydrogens (tertiary/aromatic N) is 3. The quantitative estimate of drug-likeness (QED) is 0.842. The largest absolute Gasteiger partial charge is 0.369 e. The molecule has 2 aromatic heterocycles. The van der Waals surface area contributed by atoms with Crippen molar-refractivity contribution in [2.24, 2.45) is 0 Å². The van der Waals surface area contributed by atoms with Crippen molar-refractivity contribution < 1.29 is 4.79 Å². The Bertz CT molecular complexity index is 544. The Morgan fingerprint density at radius 2 is 2.16 bits per heavy atom. The maximum Gasteiger partial charge on any atom is 0.271 e. The van der Waals surface area contributed by atoms with Crippen molar-refractivity contribution in [1.29, 1.82) is 0 Å². The van der Waals surface area contributed by atoms with Crippen LogP contribution < -0.4 is 10.6 Å². The molecule has 0 aliphatic carbocycles. The van der Waals surface area contributed by atoms with E-state index in [1.165, 1.54) is 6.20 Å². The molecule has 0 bridgehead atoms. The van der Waals surface area contributed by atoms with Gasteiger partial charge in [-0.1, -0.05) is 6.07 Å². The molecule has 6 nitrogen and oxygen atoms in total. The number of nitrogens with one attached hydrogen (secondary N) is 2. The molecule has 0 saturated heterocycles. The van der Waals surface area contributed by atoms with Crippen LogP contribution in [-0.2, 0) is 6.54 Å². The molecule has 0 unspecified atom stereocenters. The molecule has 6 heteroatoms. The van der Waals surface area contributed by atoms with Crippen LogP contribution in [0.5, 0.6) is 0 Å². The second-order valence-electron chi connectivity index (χ2n) is 3.86. The van der Waals surface area contributed by atoms with Gasteiger partial charge < -0.3 is 10.6 Å². The summed E-state index contributed by atoms with van der Waals surface area (Å²) in [4.78, 5) is 24.1. The Kier molecular flexibility index (Phi) is 4.39. The van der Waals surface area contributed by atoms with Gasteiger partial charge in [0, 0.05) is 25.5 Å². The van der Waals surface area contributed by atoms with Crippen LogP contribution in [0.2, 0.25) is 0 Å². The minimum atomic E-state index is -0.254. The van der Waals surface area contributed by atoms with Gasteiger partial charge >= 0.3 is 0 Å². The Morgan fingerprint density at radius 3 is 2.89 bits per heavy atom. The average molecular weight is 257 g/mol. The summed E-state index contributed by atoms with van der Waals surface area (Å²) in [5.41, 5.74) is 1.23. The van der Waals surface area contributed by atoms with Gasteiger partial charge in [0.1, 0.15) is 11.5 Å². The van der Waals surface area contributed by atoms with E-state index in [-0.39, 0.29) is 5.91 Å². The summed E-state index contributed by atoms with van der Waals surface area (Å²) in [6.45, 7) is 3.10. The minimum absolute atomic E-state index is 0.254. The molecule has 0 aromatic carbocycles. The topological polar surface area (TPSA) is 79.8 Å². The third-order valence-corrected chi connectivity index (χ3v) is 2.40. The van der Waals surface area contributed by atoms with Gasteiger partial charge in [0.2, 0.25) is 0 Å². The number of amides is 1. The van der Waals surface area contributed by atoms with Crippen molar-refractivity contribution in [2.45, 2.75) is 13.5 Å². The fourth-order valence-electron chi connectivity index (χ4n) is 1.52. The van der Waals surface area contributed by atoms with Crippen LogP contribution in [0, 0.1) is 0 Å². The smallest absolute Gasteiger partial charge is 0.271 e. The van der Waals surface area contributed by atoms with E-state index in [0.29, 0.717) is 18.1 Å². The molecule has 0 atom stereocenters. The molecule has 0 radical (unpaired) electrons. The van der Waals surface area contributed by atoms with E-state index >= 15 is 0 Å². The Labute approximate surface area is 111 Å². The van der Waals surface area contributed by atoms with E-state index in [4.69, 9.17) is 0 Å². The predicted octanol–water partition coefficient (Wildman–Crippen LogP) is 1.23. The molecule has 19 heavy (non-hydrogen) atoms. The monoisotopic (exact) mass is 257 g/mol. The third-order valence-electron chi connectivity index (χ3n) is 2.40. The highest BCUT2D eigenvalue weighted by atomic mass is 16.1. The number of carbonyl (C=O) groups excluding carboxylic acids is 1. The van der Waals surface area contributed by atoms with Gasteiger partial charge in [-0.15, -0.1) is 0 Å². The molecular formula is C13H15N5O. The summed E-state index contributed by atoms with van der Waals surface area (Å²) in [7, 11) is 0. The van der Waals surface area contributed by atoms with Gasteiger partial charge in [0.15, 0.2) is 0 Å². The molecule has 1 amide bonds. The molecule has 2 rings (SSSR count). The van der Waals surface area contributed by atoms with E-state index in [1.54, 1.807) is 18.6 Å². The van der Waals surface area contributed by atoms with E-state index < -0.39 is 0 Å². The van der Waals surface area contributed by atoms with Gasteiger partial charge in [-0.3, -0.25) is 14.8 Å². The normalized spacial score (nSPS) is 9.95. The van der Waals surface area contributed by atoms with Crippen LogP contribution >= 0.6 is 0 Å². The van der Waals surface area contributed by atoms with Crippen LogP contribution in [0.25, 0.3) is 0 Å². The van der Waals surface area contributed by atoms with E-state index in [1.807, 2.05) is 19.1 Å². The number of anilines is 1. The van der Waals surface area contributed by atoms with E-state index in [0.717, 1.165) is 12.1 Å².